The van der Waals surface area contributed by atoms with Crippen LogP contribution in [0.4, 0.5) is 5.69 Å². The van der Waals surface area contributed by atoms with Crippen LogP contribution in [0.25, 0.3) is 0 Å². The SMILES string of the molecule is CS(=O)(=O)N1CCCc2cc(C(=O)N3CCCCCC3)ccc21. The molecule has 2 aliphatic rings. The molecule has 2 heterocycles. The van der Waals surface area contributed by atoms with E-state index in [-0.39, 0.29) is 5.91 Å². The van der Waals surface area contributed by atoms with Crippen LogP contribution in [0.3, 0.4) is 0 Å². The van der Waals surface area contributed by atoms with Gasteiger partial charge in [-0.25, -0.2) is 8.42 Å². The Labute approximate surface area is 138 Å². The number of nitrogens with zero attached hydrogens (tertiary/aromatic N) is 2. The Morgan fingerprint density at radius 2 is 1.70 bits per heavy atom. The first-order valence-corrected chi connectivity index (χ1v) is 10.2. The third-order valence-corrected chi connectivity index (χ3v) is 5.88. The van der Waals surface area contributed by atoms with E-state index in [0.29, 0.717) is 12.1 Å². The topological polar surface area (TPSA) is 57.7 Å². The van der Waals surface area contributed by atoms with Crippen molar-refractivity contribution < 1.29 is 13.2 Å². The number of benzene rings is 1. The van der Waals surface area contributed by atoms with Gasteiger partial charge in [0.15, 0.2) is 0 Å². The van der Waals surface area contributed by atoms with Crippen molar-refractivity contribution in [2.75, 3.05) is 30.2 Å². The predicted octanol–water partition coefficient (Wildman–Crippen LogP) is 2.42. The lowest BCUT2D eigenvalue weighted by Gasteiger charge is -2.30. The fourth-order valence-corrected chi connectivity index (χ4v) is 4.49. The highest BCUT2D eigenvalue weighted by atomic mass is 32.2. The number of hydrogen-bond donors (Lipinski definition) is 0. The molecule has 6 heteroatoms. The van der Waals surface area contributed by atoms with Crippen molar-refractivity contribution in [2.24, 2.45) is 0 Å². The van der Waals surface area contributed by atoms with E-state index >= 15 is 0 Å². The smallest absolute Gasteiger partial charge is 0.253 e. The van der Waals surface area contributed by atoms with Crippen LogP contribution in [0.1, 0.15) is 48.0 Å². The molecule has 0 saturated carbocycles. The first kappa shape index (κ1) is 16.3. The van der Waals surface area contributed by atoms with E-state index in [9.17, 15) is 13.2 Å². The average Bonchev–Trinajstić information content (AvgIpc) is 2.81. The van der Waals surface area contributed by atoms with Crippen LogP contribution in [0.15, 0.2) is 18.2 Å². The third-order valence-electron chi connectivity index (χ3n) is 4.70. The van der Waals surface area contributed by atoms with Gasteiger partial charge in [-0.15, -0.1) is 0 Å². The molecule has 1 aromatic rings. The van der Waals surface area contributed by atoms with Crippen LogP contribution in [0, 0.1) is 0 Å². The van der Waals surface area contributed by atoms with E-state index in [2.05, 4.69) is 0 Å². The minimum atomic E-state index is -3.26. The van der Waals surface area contributed by atoms with Gasteiger partial charge in [0.1, 0.15) is 0 Å². The first-order chi connectivity index (χ1) is 11.0. The summed E-state index contributed by atoms with van der Waals surface area (Å²) in [6, 6.07) is 5.45. The Hall–Kier alpha value is -1.56. The van der Waals surface area contributed by atoms with Gasteiger partial charge in [-0.1, -0.05) is 12.8 Å². The Morgan fingerprint density at radius 3 is 2.35 bits per heavy atom. The quantitative estimate of drug-likeness (QED) is 0.833. The highest BCUT2D eigenvalue weighted by Gasteiger charge is 2.25. The molecule has 3 rings (SSSR count). The van der Waals surface area contributed by atoms with E-state index in [1.165, 1.54) is 23.4 Å². The second-order valence-electron chi connectivity index (χ2n) is 6.49. The maximum atomic E-state index is 12.7. The molecular formula is C17H24N2O3S. The molecule has 0 radical (unpaired) electrons. The zero-order chi connectivity index (χ0) is 16.4. The summed E-state index contributed by atoms with van der Waals surface area (Å²) in [6.45, 7) is 2.17. The first-order valence-electron chi connectivity index (χ1n) is 8.37. The summed E-state index contributed by atoms with van der Waals surface area (Å²) < 4.78 is 25.3. The Bertz CT molecular complexity index is 692. The normalized spacial score (nSPS) is 19.2. The van der Waals surface area contributed by atoms with Crippen LogP contribution in [-0.4, -0.2) is 45.1 Å². The molecule has 23 heavy (non-hydrogen) atoms. The fraction of sp³-hybridized carbons (Fsp3) is 0.588. The number of aryl methyl sites for hydroxylation is 1. The summed E-state index contributed by atoms with van der Waals surface area (Å²) >= 11 is 0. The van der Waals surface area contributed by atoms with Crippen molar-refractivity contribution in [1.82, 2.24) is 4.90 Å². The van der Waals surface area contributed by atoms with Gasteiger partial charge in [0, 0.05) is 25.2 Å². The molecule has 0 unspecified atom stereocenters. The zero-order valence-corrected chi connectivity index (χ0v) is 14.4. The number of fused-ring (bicyclic) bond motifs is 1. The van der Waals surface area contributed by atoms with Gasteiger partial charge >= 0.3 is 0 Å². The molecule has 0 spiro atoms. The van der Waals surface area contributed by atoms with Crippen molar-refractivity contribution in [2.45, 2.75) is 38.5 Å². The monoisotopic (exact) mass is 336 g/mol. The second kappa shape index (κ2) is 6.51. The molecule has 1 aromatic carbocycles. The molecule has 1 amide bonds. The average molecular weight is 336 g/mol. The molecular weight excluding hydrogens is 312 g/mol. The lowest BCUT2D eigenvalue weighted by atomic mass is 10.00. The van der Waals surface area contributed by atoms with E-state index in [1.54, 1.807) is 12.1 Å². The molecule has 0 N–H and O–H groups in total. The molecule has 0 bridgehead atoms. The van der Waals surface area contributed by atoms with Crippen LogP contribution < -0.4 is 4.31 Å². The summed E-state index contributed by atoms with van der Waals surface area (Å²) in [5, 5.41) is 0. The van der Waals surface area contributed by atoms with E-state index in [4.69, 9.17) is 0 Å². The maximum Gasteiger partial charge on any atom is 0.253 e. The minimum absolute atomic E-state index is 0.0752. The van der Waals surface area contributed by atoms with Crippen molar-refractivity contribution in [3.8, 4) is 0 Å². The van der Waals surface area contributed by atoms with E-state index in [0.717, 1.165) is 50.0 Å². The number of carbonyl (C=O) groups excluding carboxylic acids is 1. The minimum Gasteiger partial charge on any atom is -0.339 e. The van der Waals surface area contributed by atoms with Crippen LogP contribution >= 0.6 is 0 Å². The van der Waals surface area contributed by atoms with Gasteiger partial charge in [0.05, 0.1) is 11.9 Å². The molecule has 0 aliphatic carbocycles. The van der Waals surface area contributed by atoms with Gasteiger partial charge in [-0.2, -0.15) is 0 Å². The lowest BCUT2D eigenvalue weighted by Crippen LogP contribution is -2.35. The largest absolute Gasteiger partial charge is 0.339 e. The number of sulfonamides is 1. The van der Waals surface area contributed by atoms with Gasteiger partial charge in [0.25, 0.3) is 5.91 Å². The summed E-state index contributed by atoms with van der Waals surface area (Å²) in [5.74, 6) is 0.0752. The molecule has 1 saturated heterocycles. The van der Waals surface area contributed by atoms with Crippen LogP contribution in [0.2, 0.25) is 0 Å². The fourth-order valence-electron chi connectivity index (χ4n) is 3.50. The van der Waals surface area contributed by atoms with Crippen LogP contribution in [0.5, 0.6) is 0 Å². The van der Waals surface area contributed by atoms with Crippen molar-refractivity contribution in [3.63, 3.8) is 0 Å². The molecule has 0 atom stereocenters. The summed E-state index contributed by atoms with van der Waals surface area (Å²) in [4.78, 5) is 14.6. The van der Waals surface area contributed by atoms with Gasteiger partial charge in [0.2, 0.25) is 10.0 Å². The van der Waals surface area contributed by atoms with Gasteiger partial charge < -0.3 is 4.90 Å². The summed E-state index contributed by atoms with van der Waals surface area (Å²) in [5.41, 5.74) is 2.37. The molecule has 5 nitrogen and oxygen atoms in total. The van der Waals surface area contributed by atoms with Crippen LogP contribution in [-0.2, 0) is 16.4 Å². The van der Waals surface area contributed by atoms with Gasteiger partial charge in [-0.05, 0) is 49.4 Å². The molecule has 126 valence electrons. The highest BCUT2D eigenvalue weighted by molar-refractivity contribution is 7.92. The number of anilines is 1. The summed E-state index contributed by atoms with van der Waals surface area (Å²) in [7, 11) is -3.26. The third kappa shape index (κ3) is 3.52. The lowest BCUT2D eigenvalue weighted by molar-refractivity contribution is 0.0761. The van der Waals surface area contributed by atoms with Crippen molar-refractivity contribution in [3.05, 3.63) is 29.3 Å². The molecule has 2 aliphatic heterocycles. The number of rotatable bonds is 2. The molecule has 1 fully saturated rings. The Kier molecular flexibility index (Phi) is 4.62. The van der Waals surface area contributed by atoms with Crippen molar-refractivity contribution in [1.29, 1.82) is 0 Å². The maximum absolute atomic E-state index is 12.7. The van der Waals surface area contributed by atoms with Gasteiger partial charge in [-0.3, -0.25) is 9.10 Å². The van der Waals surface area contributed by atoms with Crippen molar-refractivity contribution >= 4 is 21.6 Å². The predicted molar refractivity (Wildman–Crippen MR) is 91.3 cm³/mol. The second-order valence-corrected chi connectivity index (χ2v) is 8.40. The summed E-state index contributed by atoms with van der Waals surface area (Å²) in [6.07, 6.45) is 7.37. The zero-order valence-electron chi connectivity index (χ0n) is 13.6. The number of likely N-dealkylation sites (tertiary alicyclic amines) is 1. The van der Waals surface area contributed by atoms with E-state index < -0.39 is 10.0 Å². The Morgan fingerprint density at radius 1 is 1.00 bits per heavy atom. The standard InChI is InChI=1S/C17H24N2O3S/c1-23(21,22)19-12-6-7-14-13-15(8-9-16(14)19)17(20)18-10-4-2-3-5-11-18/h8-9,13H,2-7,10-12H2,1H3. The van der Waals surface area contributed by atoms with E-state index in [1.807, 2.05) is 11.0 Å². The number of amides is 1. The number of carbonyl (C=O) groups is 1. The molecule has 0 aromatic heterocycles. The highest BCUT2D eigenvalue weighted by Crippen LogP contribution is 2.30. The number of hydrogen-bond acceptors (Lipinski definition) is 3. The Balaban J connectivity index is 1.87.